The zero-order valence-electron chi connectivity index (χ0n) is 18.0. The fourth-order valence-corrected chi connectivity index (χ4v) is 3.69. The Balaban J connectivity index is 1.54. The molecule has 4 aromatic rings. The number of carbonyl (C=O) groups is 1. The summed E-state index contributed by atoms with van der Waals surface area (Å²) >= 11 is 0. The maximum Gasteiger partial charge on any atom is 0.204 e. The summed E-state index contributed by atoms with van der Waals surface area (Å²) in [5.41, 5.74) is 5.17. The lowest BCUT2D eigenvalue weighted by Gasteiger charge is -2.09. The Hall–Kier alpha value is -3.61. The highest BCUT2D eigenvalue weighted by Crippen LogP contribution is 2.22. The van der Waals surface area contributed by atoms with Gasteiger partial charge in [0, 0.05) is 28.2 Å². The molecule has 31 heavy (non-hydrogen) atoms. The normalized spacial score (nSPS) is 11.3. The van der Waals surface area contributed by atoms with E-state index in [0.717, 1.165) is 22.6 Å². The van der Waals surface area contributed by atoms with Crippen LogP contribution in [-0.4, -0.2) is 30.6 Å². The van der Waals surface area contributed by atoms with Gasteiger partial charge in [0.15, 0.2) is 5.78 Å². The molecule has 2 heterocycles. The van der Waals surface area contributed by atoms with Gasteiger partial charge in [-0.25, -0.2) is 4.39 Å². The van der Waals surface area contributed by atoms with Crippen LogP contribution in [0.5, 0.6) is 0 Å². The second kappa shape index (κ2) is 8.26. The number of tetrazole rings is 1. The summed E-state index contributed by atoms with van der Waals surface area (Å²) in [6.45, 7) is 8.06. The zero-order chi connectivity index (χ0) is 22.1. The van der Waals surface area contributed by atoms with Gasteiger partial charge in [0.05, 0.1) is 0 Å². The molecule has 0 saturated carbocycles. The van der Waals surface area contributed by atoms with Crippen molar-refractivity contribution in [2.45, 2.75) is 40.2 Å². The highest BCUT2D eigenvalue weighted by atomic mass is 19.1. The molecule has 7 heteroatoms. The maximum atomic E-state index is 13.3. The summed E-state index contributed by atoms with van der Waals surface area (Å²) in [5, 5.41) is 12.5. The molecule has 0 radical (unpaired) electrons. The molecule has 0 amide bonds. The smallest absolute Gasteiger partial charge is 0.204 e. The van der Waals surface area contributed by atoms with Crippen LogP contribution in [0, 0.1) is 19.7 Å². The van der Waals surface area contributed by atoms with E-state index in [1.54, 1.807) is 12.1 Å². The van der Waals surface area contributed by atoms with Crippen molar-refractivity contribution in [3.8, 4) is 17.1 Å². The van der Waals surface area contributed by atoms with Crippen molar-refractivity contribution in [2.75, 3.05) is 0 Å². The standard InChI is InChI=1S/C24H24FN5O/c1-15(2)18-5-7-19(8-6-18)24-26-28-29(27-24)14-23(31)22-13-16(3)30(17(22)4)21-11-9-20(25)10-12-21/h5-13,15H,14H2,1-4H3. The first kappa shape index (κ1) is 20.7. The molecule has 0 spiro atoms. The molecule has 2 aromatic heterocycles. The zero-order valence-corrected chi connectivity index (χ0v) is 18.0. The molecular weight excluding hydrogens is 393 g/mol. The SMILES string of the molecule is Cc1cc(C(=O)Cn2nnc(-c3ccc(C(C)C)cc3)n2)c(C)n1-c1ccc(F)cc1. The summed E-state index contributed by atoms with van der Waals surface area (Å²) in [7, 11) is 0. The van der Waals surface area contributed by atoms with E-state index in [9.17, 15) is 9.18 Å². The van der Waals surface area contributed by atoms with Crippen molar-refractivity contribution < 1.29 is 9.18 Å². The van der Waals surface area contributed by atoms with Gasteiger partial charge in [-0.3, -0.25) is 4.79 Å². The van der Waals surface area contributed by atoms with Crippen molar-refractivity contribution >= 4 is 5.78 Å². The number of benzene rings is 2. The van der Waals surface area contributed by atoms with Gasteiger partial charge in [-0.2, -0.15) is 4.80 Å². The monoisotopic (exact) mass is 417 g/mol. The number of hydrogen-bond acceptors (Lipinski definition) is 4. The third kappa shape index (κ3) is 4.17. The summed E-state index contributed by atoms with van der Waals surface area (Å²) < 4.78 is 15.2. The van der Waals surface area contributed by atoms with E-state index >= 15 is 0 Å². The Bertz CT molecular complexity index is 1220. The number of nitrogens with zero attached hydrogens (tertiary/aromatic N) is 5. The molecule has 158 valence electrons. The number of carbonyl (C=O) groups excluding carboxylic acids is 1. The van der Waals surface area contributed by atoms with Crippen molar-refractivity contribution in [3.63, 3.8) is 0 Å². The van der Waals surface area contributed by atoms with Crippen LogP contribution in [0.25, 0.3) is 17.1 Å². The number of Topliss-reactive ketones (excluding diaryl/α,β-unsaturated/α-hetero) is 1. The first-order chi connectivity index (χ1) is 14.8. The van der Waals surface area contributed by atoms with Crippen LogP contribution in [0.2, 0.25) is 0 Å². The molecule has 0 N–H and O–H groups in total. The predicted molar refractivity (Wildman–Crippen MR) is 117 cm³/mol. The van der Waals surface area contributed by atoms with Crippen molar-refractivity contribution in [1.29, 1.82) is 0 Å². The fraction of sp³-hybridized carbons (Fsp3) is 0.250. The average molecular weight is 417 g/mol. The molecule has 0 fully saturated rings. The van der Waals surface area contributed by atoms with Crippen LogP contribution in [0.1, 0.15) is 47.1 Å². The Morgan fingerprint density at radius 3 is 2.35 bits per heavy atom. The van der Waals surface area contributed by atoms with Gasteiger partial charge in [-0.15, -0.1) is 10.2 Å². The maximum absolute atomic E-state index is 13.3. The molecule has 0 unspecified atom stereocenters. The third-order valence-electron chi connectivity index (χ3n) is 5.39. The van der Waals surface area contributed by atoms with E-state index < -0.39 is 0 Å². The first-order valence-corrected chi connectivity index (χ1v) is 10.2. The van der Waals surface area contributed by atoms with Gasteiger partial charge in [-0.05, 0) is 60.9 Å². The molecule has 2 aromatic carbocycles. The quantitative estimate of drug-likeness (QED) is 0.419. The van der Waals surface area contributed by atoms with E-state index in [1.165, 1.54) is 22.5 Å². The van der Waals surface area contributed by atoms with Crippen LogP contribution >= 0.6 is 0 Å². The minimum atomic E-state index is -0.297. The summed E-state index contributed by atoms with van der Waals surface area (Å²) in [6.07, 6.45) is 0. The van der Waals surface area contributed by atoms with Crippen LogP contribution < -0.4 is 0 Å². The van der Waals surface area contributed by atoms with E-state index in [2.05, 4.69) is 41.4 Å². The average Bonchev–Trinajstić information content (AvgIpc) is 3.33. The molecule has 0 saturated heterocycles. The van der Waals surface area contributed by atoms with Crippen LogP contribution in [0.4, 0.5) is 4.39 Å². The van der Waals surface area contributed by atoms with Gasteiger partial charge in [0.1, 0.15) is 12.4 Å². The number of ketones is 1. The lowest BCUT2D eigenvalue weighted by atomic mass is 10.0. The number of rotatable bonds is 6. The first-order valence-electron chi connectivity index (χ1n) is 10.2. The second-order valence-corrected chi connectivity index (χ2v) is 7.94. The van der Waals surface area contributed by atoms with Crippen molar-refractivity contribution in [2.24, 2.45) is 0 Å². The van der Waals surface area contributed by atoms with E-state index in [1.807, 2.05) is 36.6 Å². The van der Waals surface area contributed by atoms with E-state index in [0.29, 0.717) is 17.3 Å². The molecule has 6 nitrogen and oxygen atoms in total. The fourth-order valence-electron chi connectivity index (χ4n) is 3.69. The Morgan fingerprint density at radius 1 is 1.03 bits per heavy atom. The third-order valence-corrected chi connectivity index (χ3v) is 5.39. The van der Waals surface area contributed by atoms with Crippen molar-refractivity contribution in [3.05, 3.63) is 82.9 Å². The number of halogens is 1. The number of aryl methyl sites for hydroxylation is 1. The van der Waals surface area contributed by atoms with Gasteiger partial charge in [0.25, 0.3) is 0 Å². The molecule has 0 aliphatic carbocycles. The highest BCUT2D eigenvalue weighted by Gasteiger charge is 2.18. The molecule has 0 aliphatic rings. The van der Waals surface area contributed by atoms with Gasteiger partial charge in [0.2, 0.25) is 5.82 Å². The second-order valence-electron chi connectivity index (χ2n) is 7.94. The van der Waals surface area contributed by atoms with Crippen LogP contribution in [0.3, 0.4) is 0 Å². The topological polar surface area (TPSA) is 65.6 Å². The van der Waals surface area contributed by atoms with Crippen molar-refractivity contribution in [1.82, 2.24) is 24.8 Å². The minimum absolute atomic E-state index is 0.00914. The Kier molecular flexibility index (Phi) is 5.50. The molecule has 4 rings (SSSR count). The number of aromatic nitrogens is 5. The predicted octanol–water partition coefficient (Wildman–Crippen LogP) is 4.89. The van der Waals surface area contributed by atoms with Crippen LogP contribution in [0.15, 0.2) is 54.6 Å². The minimum Gasteiger partial charge on any atom is -0.318 e. The van der Waals surface area contributed by atoms with Crippen LogP contribution in [-0.2, 0) is 6.54 Å². The Labute approximate surface area is 180 Å². The van der Waals surface area contributed by atoms with Gasteiger partial charge >= 0.3 is 0 Å². The molecule has 0 aliphatic heterocycles. The number of hydrogen-bond donors (Lipinski definition) is 0. The lowest BCUT2D eigenvalue weighted by molar-refractivity contribution is 0.0961. The van der Waals surface area contributed by atoms with Gasteiger partial charge < -0.3 is 4.57 Å². The summed E-state index contributed by atoms with van der Waals surface area (Å²) in [6, 6.07) is 16.1. The molecule has 0 atom stereocenters. The van der Waals surface area contributed by atoms with Gasteiger partial charge in [-0.1, -0.05) is 38.1 Å². The Morgan fingerprint density at radius 2 is 1.71 bits per heavy atom. The molecular formula is C24H24FN5O. The largest absolute Gasteiger partial charge is 0.318 e. The van der Waals surface area contributed by atoms with E-state index in [4.69, 9.17) is 0 Å². The van der Waals surface area contributed by atoms with E-state index in [-0.39, 0.29) is 18.1 Å². The summed E-state index contributed by atoms with van der Waals surface area (Å²) in [4.78, 5) is 14.3. The highest BCUT2D eigenvalue weighted by molar-refractivity contribution is 5.97. The summed E-state index contributed by atoms with van der Waals surface area (Å²) in [5.74, 6) is 0.527. The molecule has 0 bridgehead atoms. The lowest BCUT2D eigenvalue weighted by Crippen LogP contribution is -2.14.